The van der Waals surface area contributed by atoms with Gasteiger partial charge < -0.3 is 14.8 Å². The number of ether oxygens (including phenoxy) is 2. The number of hydrogen-bond donors (Lipinski definition) is 1. The van der Waals surface area contributed by atoms with Gasteiger partial charge >= 0.3 is 0 Å². The molecule has 1 unspecified atom stereocenters. The van der Waals surface area contributed by atoms with Crippen LogP contribution in [0.3, 0.4) is 0 Å². The van der Waals surface area contributed by atoms with Gasteiger partial charge in [0.1, 0.15) is 6.61 Å². The monoisotopic (exact) mass is 266 g/mol. The topological polar surface area (TPSA) is 43.4 Å². The van der Waals surface area contributed by atoms with E-state index in [1.807, 2.05) is 12.1 Å². The SMILES string of the molecule is CCCCOCCOc1ncccc1C(C)NCC. The Labute approximate surface area is 116 Å². The lowest BCUT2D eigenvalue weighted by Crippen LogP contribution is -2.19. The molecule has 19 heavy (non-hydrogen) atoms. The quantitative estimate of drug-likeness (QED) is 0.661. The maximum atomic E-state index is 5.71. The van der Waals surface area contributed by atoms with Gasteiger partial charge in [0.2, 0.25) is 5.88 Å². The van der Waals surface area contributed by atoms with Gasteiger partial charge in [0, 0.05) is 24.4 Å². The largest absolute Gasteiger partial charge is 0.475 e. The van der Waals surface area contributed by atoms with E-state index in [2.05, 4.69) is 31.1 Å². The Hall–Kier alpha value is -1.13. The Bertz CT molecular complexity index is 345. The van der Waals surface area contributed by atoms with Crippen LogP contribution < -0.4 is 10.1 Å². The van der Waals surface area contributed by atoms with E-state index in [-0.39, 0.29) is 6.04 Å². The Morgan fingerprint density at radius 3 is 2.84 bits per heavy atom. The van der Waals surface area contributed by atoms with Gasteiger partial charge in [0.15, 0.2) is 0 Å². The number of aromatic nitrogens is 1. The molecule has 0 fully saturated rings. The number of unbranched alkanes of at least 4 members (excludes halogenated alkanes) is 1. The molecule has 0 bridgehead atoms. The van der Waals surface area contributed by atoms with E-state index in [9.17, 15) is 0 Å². The van der Waals surface area contributed by atoms with Gasteiger partial charge in [-0.1, -0.05) is 26.3 Å². The summed E-state index contributed by atoms with van der Waals surface area (Å²) in [7, 11) is 0. The van der Waals surface area contributed by atoms with Crippen molar-refractivity contribution in [2.24, 2.45) is 0 Å². The smallest absolute Gasteiger partial charge is 0.218 e. The van der Waals surface area contributed by atoms with Crippen molar-refractivity contribution in [3.05, 3.63) is 23.9 Å². The molecule has 108 valence electrons. The molecule has 0 amide bonds. The van der Waals surface area contributed by atoms with Crippen molar-refractivity contribution in [3.8, 4) is 5.88 Å². The van der Waals surface area contributed by atoms with Gasteiger partial charge in [-0.2, -0.15) is 0 Å². The lowest BCUT2D eigenvalue weighted by atomic mass is 10.1. The molecular formula is C15H26N2O2. The molecule has 0 saturated carbocycles. The predicted octanol–water partition coefficient (Wildman–Crippen LogP) is 2.95. The van der Waals surface area contributed by atoms with Crippen LogP contribution in [-0.2, 0) is 4.74 Å². The first-order chi connectivity index (χ1) is 9.29. The first-order valence-electron chi connectivity index (χ1n) is 7.18. The first kappa shape index (κ1) is 15.9. The fraction of sp³-hybridized carbons (Fsp3) is 0.667. The Morgan fingerprint density at radius 2 is 2.11 bits per heavy atom. The molecule has 0 radical (unpaired) electrons. The third-order valence-electron chi connectivity index (χ3n) is 2.89. The number of hydrogen-bond acceptors (Lipinski definition) is 4. The fourth-order valence-corrected chi connectivity index (χ4v) is 1.82. The minimum absolute atomic E-state index is 0.245. The maximum absolute atomic E-state index is 5.71. The second-order valence-corrected chi connectivity index (χ2v) is 4.49. The van der Waals surface area contributed by atoms with Crippen molar-refractivity contribution in [1.29, 1.82) is 0 Å². The minimum atomic E-state index is 0.245. The highest BCUT2D eigenvalue weighted by Crippen LogP contribution is 2.21. The third-order valence-corrected chi connectivity index (χ3v) is 2.89. The molecule has 0 aliphatic carbocycles. The van der Waals surface area contributed by atoms with Crippen LogP contribution in [0.15, 0.2) is 18.3 Å². The molecule has 1 aromatic rings. The molecular weight excluding hydrogens is 240 g/mol. The molecule has 0 aliphatic heterocycles. The van der Waals surface area contributed by atoms with E-state index in [4.69, 9.17) is 9.47 Å². The van der Waals surface area contributed by atoms with Crippen LogP contribution in [0.5, 0.6) is 5.88 Å². The zero-order valence-electron chi connectivity index (χ0n) is 12.3. The van der Waals surface area contributed by atoms with Crippen LogP contribution in [0.1, 0.15) is 45.2 Å². The van der Waals surface area contributed by atoms with Crippen molar-refractivity contribution < 1.29 is 9.47 Å². The third kappa shape index (κ3) is 6.03. The normalized spacial score (nSPS) is 12.4. The van der Waals surface area contributed by atoms with E-state index in [1.54, 1.807) is 6.20 Å². The molecule has 1 aromatic heterocycles. The van der Waals surface area contributed by atoms with E-state index in [0.29, 0.717) is 19.1 Å². The van der Waals surface area contributed by atoms with E-state index >= 15 is 0 Å². The summed E-state index contributed by atoms with van der Waals surface area (Å²) in [5.41, 5.74) is 1.10. The zero-order chi connectivity index (χ0) is 13.9. The van der Waals surface area contributed by atoms with Crippen LogP contribution in [-0.4, -0.2) is 31.3 Å². The maximum Gasteiger partial charge on any atom is 0.218 e. The van der Waals surface area contributed by atoms with Gasteiger partial charge in [-0.05, 0) is 26.0 Å². The number of nitrogens with zero attached hydrogens (tertiary/aromatic N) is 1. The van der Waals surface area contributed by atoms with Crippen molar-refractivity contribution in [1.82, 2.24) is 10.3 Å². The van der Waals surface area contributed by atoms with Crippen LogP contribution in [0, 0.1) is 0 Å². The summed E-state index contributed by atoms with van der Waals surface area (Å²) in [5, 5.41) is 3.37. The average molecular weight is 266 g/mol. The minimum Gasteiger partial charge on any atom is -0.475 e. The van der Waals surface area contributed by atoms with Crippen LogP contribution in [0.25, 0.3) is 0 Å². The zero-order valence-corrected chi connectivity index (χ0v) is 12.3. The predicted molar refractivity (Wildman–Crippen MR) is 77.6 cm³/mol. The second-order valence-electron chi connectivity index (χ2n) is 4.49. The van der Waals surface area contributed by atoms with Crippen LogP contribution >= 0.6 is 0 Å². The highest BCUT2D eigenvalue weighted by atomic mass is 16.5. The summed E-state index contributed by atoms with van der Waals surface area (Å²) in [6, 6.07) is 4.23. The molecule has 4 heteroatoms. The summed E-state index contributed by atoms with van der Waals surface area (Å²) in [4.78, 5) is 4.30. The molecule has 0 aromatic carbocycles. The van der Waals surface area contributed by atoms with Gasteiger partial charge in [0.05, 0.1) is 6.61 Å². The highest BCUT2D eigenvalue weighted by molar-refractivity contribution is 5.28. The molecule has 1 N–H and O–H groups in total. The van der Waals surface area contributed by atoms with Gasteiger partial charge in [-0.25, -0.2) is 4.98 Å². The first-order valence-corrected chi connectivity index (χ1v) is 7.18. The second kappa shape index (κ2) is 9.75. The summed E-state index contributed by atoms with van der Waals surface area (Å²) in [6.45, 7) is 9.26. The average Bonchev–Trinajstić information content (AvgIpc) is 2.43. The number of nitrogens with one attached hydrogen (secondary N) is 1. The molecule has 1 heterocycles. The lowest BCUT2D eigenvalue weighted by Gasteiger charge is -2.16. The van der Waals surface area contributed by atoms with Crippen molar-refractivity contribution in [3.63, 3.8) is 0 Å². The molecule has 0 spiro atoms. The fourth-order valence-electron chi connectivity index (χ4n) is 1.82. The molecule has 1 atom stereocenters. The molecule has 0 aliphatic rings. The molecule has 4 nitrogen and oxygen atoms in total. The summed E-state index contributed by atoms with van der Waals surface area (Å²) in [5.74, 6) is 0.704. The number of pyridine rings is 1. The lowest BCUT2D eigenvalue weighted by molar-refractivity contribution is 0.0959. The van der Waals surface area contributed by atoms with Gasteiger partial charge in [-0.15, -0.1) is 0 Å². The van der Waals surface area contributed by atoms with Crippen LogP contribution in [0.2, 0.25) is 0 Å². The molecule has 0 saturated heterocycles. The van der Waals surface area contributed by atoms with Crippen molar-refractivity contribution in [2.75, 3.05) is 26.4 Å². The number of rotatable bonds is 10. The summed E-state index contributed by atoms with van der Waals surface area (Å²) < 4.78 is 11.2. The molecule has 1 rings (SSSR count). The van der Waals surface area contributed by atoms with Gasteiger partial charge in [0.25, 0.3) is 0 Å². The Kier molecular flexibility index (Phi) is 8.18. The highest BCUT2D eigenvalue weighted by Gasteiger charge is 2.11. The Balaban J connectivity index is 2.40. The van der Waals surface area contributed by atoms with E-state index in [1.165, 1.54) is 0 Å². The van der Waals surface area contributed by atoms with E-state index in [0.717, 1.165) is 31.6 Å². The van der Waals surface area contributed by atoms with Crippen LogP contribution in [0.4, 0.5) is 0 Å². The summed E-state index contributed by atoms with van der Waals surface area (Å²) in [6.07, 6.45) is 4.02. The van der Waals surface area contributed by atoms with E-state index < -0.39 is 0 Å². The van der Waals surface area contributed by atoms with Crippen molar-refractivity contribution >= 4 is 0 Å². The van der Waals surface area contributed by atoms with Crippen molar-refractivity contribution in [2.45, 2.75) is 39.7 Å². The summed E-state index contributed by atoms with van der Waals surface area (Å²) >= 11 is 0. The standard InChI is InChI=1S/C15H26N2O2/c1-4-6-10-18-11-12-19-15-14(8-7-9-17-15)13(3)16-5-2/h7-9,13,16H,4-6,10-12H2,1-3H3. The van der Waals surface area contributed by atoms with Gasteiger partial charge in [-0.3, -0.25) is 0 Å². The Morgan fingerprint density at radius 1 is 1.26 bits per heavy atom.